The van der Waals surface area contributed by atoms with Crippen molar-refractivity contribution >= 4 is 11.8 Å². The van der Waals surface area contributed by atoms with Crippen LogP contribution in [0.4, 0.5) is 0 Å². The van der Waals surface area contributed by atoms with Crippen molar-refractivity contribution in [1.29, 1.82) is 0 Å². The number of hydrogen-bond acceptors (Lipinski definition) is 3. The van der Waals surface area contributed by atoms with Crippen molar-refractivity contribution < 1.29 is 9.59 Å². The Bertz CT molecular complexity index is 613. The number of rotatable bonds is 7. The fourth-order valence-electron chi connectivity index (χ4n) is 4.57. The van der Waals surface area contributed by atoms with Crippen molar-refractivity contribution in [3.63, 3.8) is 0 Å². The van der Waals surface area contributed by atoms with Crippen LogP contribution in [0.15, 0.2) is 30.3 Å². The van der Waals surface area contributed by atoms with Gasteiger partial charge in [-0.25, -0.2) is 0 Å². The first kappa shape index (κ1) is 19.9. The fraction of sp³-hybridized carbons (Fsp3) is 0.636. The van der Waals surface area contributed by atoms with Crippen LogP contribution in [-0.2, 0) is 16.1 Å². The third-order valence-corrected chi connectivity index (χ3v) is 5.93. The third kappa shape index (κ3) is 6.06. The van der Waals surface area contributed by atoms with Crippen LogP contribution in [0.1, 0.15) is 51.0 Å². The average Bonchev–Trinajstić information content (AvgIpc) is 3.20. The zero-order valence-electron chi connectivity index (χ0n) is 16.5. The predicted octanol–water partition coefficient (Wildman–Crippen LogP) is 2.71. The summed E-state index contributed by atoms with van der Waals surface area (Å²) in [4.78, 5) is 26.8. The van der Waals surface area contributed by atoms with Crippen LogP contribution in [-0.4, -0.2) is 42.4 Å². The first-order valence-corrected chi connectivity index (χ1v) is 10.4. The molecule has 2 atom stereocenters. The monoisotopic (exact) mass is 371 g/mol. The summed E-state index contributed by atoms with van der Waals surface area (Å²) in [5.74, 6) is 0.647. The summed E-state index contributed by atoms with van der Waals surface area (Å²) >= 11 is 0. The van der Waals surface area contributed by atoms with Gasteiger partial charge in [-0.05, 0) is 49.6 Å². The van der Waals surface area contributed by atoms with Crippen LogP contribution >= 0.6 is 0 Å². The Labute approximate surface area is 162 Å². The topological polar surface area (TPSA) is 61.4 Å². The van der Waals surface area contributed by atoms with E-state index in [4.69, 9.17) is 0 Å². The lowest BCUT2D eigenvalue weighted by Crippen LogP contribution is -2.51. The van der Waals surface area contributed by atoms with Crippen LogP contribution in [0.3, 0.4) is 0 Å². The van der Waals surface area contributed by atoms with Gasteiger partial charge in [0.2, 0.25) is 11.8 Å². The smallest absolute Gasteiger partial charge is 0.242 e. The van der Waals surface area contributed by atoms with E-state index in [-0.39, 0.29) is 23.8 Å². The van der Waals surface area contributed by atoms with Gasteiger partial charge in [-0.1, -0.05) is 43.2 Å². The van der Waals surface area contributed by atoms with E-state index in [1.165, 1.54) is 18.9 Å². The lowest BCUT2D eigenvalue weighted by Gasteiger charge is -2.33. The Kier molecular flexibility index (Phi) is 7.27. The molecule has 0 spiro atoms. The van der Waals surface area contributed by atoms with Gasteiger partial charge in [0.25, 0.3) is 0 Å². The minimum atomic E-state index is -0.367. The van der Waals surface area contributed by atoms with Crippen LogP contribution in [0.25, 0.3) is 0 Å². The number of nitrogens with zero attached hydrogens (tertiary/aromatic N) is 1. The number of piperidine rings is 1. The van der Waals surface area contributed by atoms with Gasteiger partial charge in [-0.15, -0.1) is 0 Å². The van der Waals surface area contributed by atoms with E-state index in [0.717, 1.165) is 51.7 Å². The first-order chi connectivity index (χ1) is 13.1. The molecule has 2 unspecified atom stereocenters. The van der Waals surface area contributed by atoms with Gasteiger partial charge in [-0.2, -0.15) is 0 Å². The van der Waals surface area contributed by atoms with Crippen molar-refractivity contribution in [2.45, 2.75) is 58.0 Å². The highest BCUT2D eigenvalue weighted by Gasteiger charge is 2.31. The number of amides is 2. The fourth-order valence-corrected chi connectivity index (χ4v) is 4.57. The average molecular weight is 372 g/mol. The predicted molar refractivity (Wildman–Crippen MR) is 107 cm³/mol. The van der Waals surface area contributed by atoms with Crippen molar-refractivity contribution in [2.75, 3.05) is 19.6 Å². The molecule has 0 bridgehead atoms. The van der Waals surface area contributed by atoms with E-state index < -0.39 is 0 Å². The highest BCUT2D eigenvalue weighted by molar-refractivity contribution is 5.87. The van der Waals surface area contributed by atoms with Gasteiger partial charge in [-0.3, -0.25) is 14.5 Å². The Morgan fingerprint density at radius 3 is 2.56 bits per heavy atom. The molecule has 5 nitrogen and oxygen atoms in total. The van der Waals surface area contributed by atoms with E-state index >= 15 is 0 Å². The summed E-state index contributed by atoms with van der Waals surface area (Å²) in [6.45, 7) is 5.31. The molecule has 1 heterocycles. The van der Waals surface area contributed by atoms with Gasteiger partial charge >= 0.3 is 0 Å². The van der Waals surface area contributed by atoms with E-state index in [1.54, 1.807) is 0 Å². The van der Waals surface area contributed by atoms with Gasteiger partial charge in [0.05, 0.1) is 0 Å². The Morgan fingerprint density at radius 1 is 1.11 bits per heavy atom. The summed E-state index contributed by atoms with van der Waals surface area (Å²) in [5, 5.41) is 6.03. The second-order valence-corrected chi connectivity index (χ2v) is 8.20. The molecule has 148 valence electrons. The largest absolute Gasteiger partial charge is 0.354 e. The highest BCUT2D eigenvalue weighted by atomic mass is 16.2. The van der Waals surface area contributed by atoms with Crippen molar-refractivity contribution in [3.05, 3.63) is 35.9 Å². The maximum Gasteiger partial charge on any atom is 0.242 e. The number of carbonyl (C=O) groups is 2. The van der Waals surface area contributed by atoms with Crippen molar-refractivity contribution in [3.8, 4) is 0 Å². The molecular weight excluding hydrogens is 338 g/mol. The molecule has 1 aromatic rings. The zero-order chi connectivity index (χ0) is 19.1. The quantitative estimate of drug-likeness (QED) is 0.775. The number of hydrogen-bond donors (Lipinski definition) is 2. The van der Waals surface area contributed by atoms with Gasteiger partial charge in [0.1, 0.15) is 6.04 Å². The van der Waals surface area contributed by atoms with Crippen LogP contribution in [0.2, 0.25) is 0 Å². The van der Waals surface area contributed by atoms with Crippen LogP contribution in [0.5, 0.6) is 0 Å². The lowest BCUT2D eigenvalue weighted by molar-refractivity contribution is -0.129. The SMILES string of the molecule is CC(=O)NC(C(=O)NCC1CCCN(Cc2ccccc2)C1)C1CCCC1. The molecule has 27 heavy (non-hydrogen) atoms. The number of carbonyl (C=O) groups excluding carboxylic acids is 2. The molecule has 1 saturated heterocycles. The molecule has 1 saturated carbocycles. The van der Waals surface area contributed by atoms with Crippen molar-refractivity contribution in [2.24, 2.45) is 11.8 Å². The maximum atomic E-state index is 12.7. The standard InChI is InChI=1S/C22H33N3O2/c1-17(26)24-21(20-11-5-6-12-20)22(27)23-14-19-10-7-13-25(16-19)15-18-8-3-2-4-9-18/h2-4,8-9,19-21H,5-7,10-16H2,1H3,(H,23,27)(H,24,26). The minimum absolute atomic E-state index is 0.00252. The van der Waals surface area contributed by atoms with E-state index in [2.05, 4.69) is 39.8 Å². The normalized spacial score (nSPS) is 22.3. The summed E-state index contributed by atoms with van der Waals surface area (Å²) in [7, 11) is 0. The molecule has 0 aromatic heterocycles. The van der Waals surface area contributed by atoms with Crippen LogP contribution in [0, 0.1) is 11.8 Å². The number of benzene rings is 1. The van der Waals surface area contributed by atoms with Crippen LogP contribution < -0.4 is 10.6 Å². The molecule has 1 aromatic carbocycles. The Morgan fingerprint density at radius 2 is 1.85 bits per heavy atom. The molecule has 5 heteroatoms. The summed E-state index contributed by atoms with van der Waals surface area (Å²) in [5.41, 5.74) is 1.34. The molecule has 0 radical (unpaired) electrons. The molecule has 1 aliphatic carbocycles. The first-order valence-electron chi connectivity index (χ1n) is 10.4. The molecular formula is C22H33N3O2. The second kappa shape index (κ2) is 9.88. The van der Waals surface area contributed by atoms with E-state index in [9.17, 15) is 9.59 Å². The Balaban J connectivity index is 1.48. The highest BCUT2D eigenvalue weighted by Crippen LogP contribution is 2.28. The summed E-state index contributed by atoms with van der Waals surface area (Å²) in [6.07, 6.45) is 6.71. The minimum Gasteiger partial charge on any atom is -0.354 e. The number of likely N-dealkylation sites (tertiary alicyclic amines) is 1. The molecule has 2 fully saturated rings. The molecule has 2 aliphatic rings. The zero-order valence-corrected chi connectivity index (χ0v) is 16.5. The Hall–Kier alpha value is -1.88. The van der Waals surface area contributed by atoms with E-state index in [0.29, 0.717) is 12.5 Å². The lowest BCUT2D eigenvalue weighted by atomic mass is 9.95. The summed E-state index contributed by atoms with van der Waals surface area (Å²) < 4.78 is 0. The summed E-state index contributed by atoms with van der Waals surface area (Å²) in [6, 6.07) is 10.2. The van der Waals surface area contributed by atoms with Gasteiger partial charge in [0, 0.05) is 26.6 Å². The van der Waals surface area contributed by atoms with Gasteiger partial charge < -0.3 is 10.6 Å². The van der Waals surface area contributed by atoms with Crippen molar-refractivity contribution in [1.82, 2.24) is 15.5 Å². The maximum absolute atomic E-state index is 12.7. The number of nitrogens with one attached hydrogen (secondary N) is 2. The molecule has 2 amide bonds. The molecule has 1 aliphatic heterocycles. The third-order valence-electron chi connectivity index (χ3n) is 5.93. The molecule has 2 N–H and O–H groups in total. The van der Waals surface area contributed by atoms with E-state index in [1.807, 2.05) is 6.07 Å². The second-order valence-electron chi connectivity index (χ2n) is 8.20. The van der Waals surface area contributed by atoms with Gasteiger partial charge in [0.15, 0.2) is 0 Å². The molecule has 3 rings (SSSR count).